The fourth-order valence-corrected chi connectivity index (χ4v) is 3.70. The maximum atomic E-state index is 13.1. The predicted octanol–water partition coefficient (Wildman–Crippen LogP) is 2.72. The van der Waals surface area contributed by atoms with Crippen molar-refractivity contribution in [1.29, 1.82) is 0 Å². The van der Waals surface area contributed by atoms with Gasteiger partial charge in [0, 0.05) is 23.8 Å². The highest BCUT2D eigenvalue weighted by Gasteiger charge is 2.37. The number of carbonyl (C=O) groups is 1. The van der Waals surface area contributed by atoms with Crippen LogP contribution in [0.1, 0.15) is 10.4 Å². The molecule has 3 aromatic carbocycles. The van der Waals surface area contributed by atoms with Gasteiger partial charge in [0.25, 0.3) is 0 Å². The molecule has 0 fully saturated rings. The van der Waals surface area contributed by atoms with Crippen LogP contribution in [0.2, 0.25) is 0 Å². The number of carbonyl (C=O) groups excluding carboxylic acids is 1. The molecule has 2 N–H and O–H groups in total. The van der Waals surface area contributed by atoms with E-state index >= 15 is 0 Å². The molecule has 0 aliphatic heterocycles. The summed E-state index contributed by atoms with van der Waals surface area (Å²) < 4.78 is 18.6. The van der Waals surface area contributed by atoms with Gasteiger partial charge in [-0.3, -0.25) is 4.79 Å². The van der Waals surface area contributed by atoms with Gasteiger partial charge in [-0.2, -0.15) is 0 Å². The Balaban J connectivity index is 1.95. The van der Waals surface area contributed by atoms with E-state index in [1.165, 1.54) is 23.4 Å². The van der Waals surface area contributed by atoms with Crippen LogP contribution < -0.4 is 23.3 Å². The quantitative estimate of drug-likeness (QED) is 0.334. The molecule has 8 nitrogen and oxygen atoms in total. The molecule has 4 aromatic rings. The highest BCUT2D eigenvalue weighted by molar-refractivity contribution is 5.95. The Morgan fingerprint density at radius 3 is 2.09 bits per heavy atom. The van der Waals surface area contributed by atoms with E-state index < -0.39 is 0 Å². The summed E-state index contributed by atoms with van der Waals surface area (Å²) >= 11 is 0. The lowest BCUT2D eigenvalue weighted by Gasteiger charge is -2.10. The summed E-state index contributed by atoms with van der Waals surface area (Å²) in [5, 5.41) is 22.7. The molecule has 168 valence electrons. The number of Topliss-reactive ketones (excluding diaryl/α,β-unsaturated/α-hetero) is 1. The van der Waals surface area contributed by atoms with Crippen molar-refractivity contribution >= 4 is 16.7 Å². The molecule has 0 saturated heterocycles. The Hall–Kier alpha value is -4.33. The Bertz CT molecular complexity index is 1320. The number of ether oxygens (including phenoxy) is 3. The number of benzene rings is 3. The fraction of sp³-hybridized carbons (Fsp3) is 0.160. The van der Waals surface area contributed by atoms with Crippen LogP contribution in [0.5, 0.6) is 29.1 Å². The minimum atomic E-state index is -0.319. The topological polar surface area (TPSA) is 93.0 Å². The molecule has 0 amide bonds. The number of hydrogen-bond acceptors (Lipinski definition) is 6. The number of hydrogen-bond donors (Lipinski definition) is 2. The predicted molar refractivity (Wildman–Crippen MR) is 119 cm³/mol. The first-order chi connectivity index (χ1) is 16.0. The lowest BCUT2D eigenvalue weighted by molar-refractivity contribution is -0.774. The van der Waals surface area contributed by atoms with Crippen molar-refractivity contribution in [3.63, 3.8) is 0 Å². The summed E-state index contributed by atoms with van der Waals surface area (Å²) in [6.07, 6.45) is 0. The molecule has 4 rings (SSSR count). The smallest absolute Gasteiger partial charge is 0.497 e. The highest BCUT2D eigenvalue weighted by Crippen LogP contribution is 2.34. The second-order valence-electron chi connectivity index (χ2n) is 7.26. The van der Waals surface area contributed by atoms with Gasteiger partial charge in [-0.25, -0.2) is 0 Å². The van der Waals surface area contributed by atoms with E-state index in [0.29, 0.717) is 39.4 Å². The van der Waals surface area contributed by atoms with E-state index in [2.05, 4.69) is 0 Å². The zero-order valence-electron chi connectivity index (χ0n) is 18.5. The molecule has 0 aliphatic rings. The van der Waals surface area contributed by atoms with E-state index in [-0.39, 0.29) is 24.2 Å². The molecule has 0 spiro atoms. The van der Waals surface area contributed by atoms with Gasteiger partial charge in [-0.1, -0.05) is 22.8 Å². The van der Waals surface area contributed by atoms with Crippen LogP contribution >= 0.6 is 0 Å². The number of para-hydroxylation sites is 1. The minimum Gasteiger partial charge on any atom is -0.497 e. The van der Waals surface area contributed by atoms with E-state index in [1.54, 1.807) is 67.8 Å². The van der Waals surface area contributed by atoms with Crippen LogP contribution in [0.3, 0.4) is 0 Å². The average molecular weight is 448 g/mol. The van der Waals surface area contributed by atoms with Crippen molar-refractivity contribution in [3.8, 4) is 34.8 Å². The number of aromatic nitrogens is 2. The molecule has 33 heavy (non-hydrogen) atoms. The maximum absolute atomic E-state index is 13.1. The lowest BCUT2D eigenvalue weighted by Crippen LogP contribution is -2.49. The van der Waals surface area contributed by atoms with Crippen LogP contribution in [0, 0.1) is 0 Å². The molecule has 0 aliphatic carbocycles. The van der Waals surface area contributed by atoms with Crippen molar-refractivity contribution in [2.24, 2.45) is 0 Å². The fourth-order valence-electron chi connectivity index (χ4n) is 3.70. The second-order valence-corrected chi connectivity index (χ2v) is 7.26. The van der Waals surface area contributed by atoms with Gasteiger partial charge in [0.1, 0.15) is 5.75 Å². The van der Waals surface area contributed by atoms with E-state index in [9.17, 15) is 15.0 Å². The standard InChI is InChI=1S/C25H22N2O6/c1-31-18-11-9-16(10-12-18)21(28)15-26-20-14-23(33-3)22(32-2)13-19(20)24(29)27(25(26)30)17-7-5-4-6-8-17/h4-14H,15H2,1-3H3/p+2. The number of fused-ring (bicyclic) bond motifs is 1. The summed E-state index contributed by atoms with van der Waals surface area (Å²) in [6, 6.07) is 18.5. The Morgan fingerprint density at radius 2 is 1.48 bits per heavy atom. The summed E-state index contributed by atoms with van der Waals surface area (Å²) in [4.78, 5) is 13.1. The zero-order chi connectivity index (χ0) is 23.5. The number of methoxy groups -OCH3 is 3. The zero-order valence-corrected chi connectivity index (χ0v) is 18.5. The Morgan fingerprint density at radius 1 is 0.848 bits per heavy atom. The van der Waals surface area contributed by atoms with Crippen molar-refractivity contribution in [1.82, 2.24) is 0 Å². The monoisotopic (exact) mass is 448 g/mol. The molecule has 0 radical (unpaired) electrons. The van der Waals surface area contributed by atoms with Crippen LogP contribution in [0.15, 0.2) is 66.7 Å². The van der Waals surface area contributed by atoms with Crippen LogP contribution in [0.4, 0.5) is 0 Å². The SMILES string of the molecule is COc1ccc(C(=O)C[n+]2c(O)[n+](-c3ccccc3)c(O)c3cc(OC)c(OC)cc32)cc1. The van der Waals surface area contributed by atoms with Crippen LogP contribution in [-0.2, 0) is 6.54 Å². The van der Waals surface area contributed by atoms with Crippen molar-refractivity contribution in [2.75, 3.05) is 21.3 Å². The summed E-state index contributed by atoms with van der Waals surface area (Å²) in [6.45, 7) is -0.183. The Labute approximate surface area is 190 Å². The Kier molecular flexibility index (Phi) is 5.99. The third-order valence-corrected chi connectivity index (χ3v) is 5.41. The van der Waals surface area contributed by atoms with E-state index in [4.69, 9.17) is 14.2 Å². The molecular formula is C25H24N2O6+2. The van der Waals surface area contributed by atoms with Gasteiger partial charge in [0.2, 0.25) is 23.5 Å². The number of aromatic hydroxyl groups is 2. The first-order valence-electron chi connectivity index (χ1n) is 10.2. The van der Waals surface area contributed by atoms with Gasteiger partial charge < -0.3 is 24.4 Å². The number of ketones is 1. The largest absolute Gasteiger partial charge is 0.638 e. The second kappa shape index (κ2) is 9.04. The molecule has 8 heteroatoms. The van der Waals surface area contributed by atoms with Gasteiger partial charge in [-0.15, -0.1) is 0 Å². The first-order valence-corrected chi connectivity index (χ1v) is 10.2. The van der Waals surface area contributed by atoms with E-state index in [0.717, 1.165) is 0 Å². The molecule has 1 heterocycles. The van der Waals surface area contributed by atoms with Crippen molar-refractivity contribution < 1.29 is 38.4 Å². The number of rotatable bonds is 7. The maximum Gasteiger partial charge on any atom is 0.638 e. The molecule has 0 atom stereocenters. The highest BCUT2D eigenvalue weighted by atomic mass is 16.5. The summed E-state index contributed by atoms with van der Waals surface area (Å²) in [5.41, 5.74) is 1.38. The molecule has 1 aromatic heterocycles. The third-order valence-electron chi connectivity index (χ3n) is 5.41. The average Bonchev–Trinajstić information content (AvgIpc) is 2.86. The summed E-state index contributed by atoms with van der Waals surface area (Å²) in [5.74, 6) is 0.989. The first kappa shape index (κ1) is 21.9. The van der Waals surface area contributed by atoms with Crippen LogP contribution in [0.25, 0.3) is 16.6 Å². The minimum absolute atomic E-state index is 0.183. The van der Waals surface area contributed by atoms with Gasteiger partial charge in [-0.05, 0) is 28.8 Å². The number of nitrogens with zero attached hydrogens (tertiary/aromatic N) is 2. The molecule has 0 saturated carbocycles. The molecule has 0 bridgehead atoms. The third kappa shape index (κ3) is 3.98. The van der Waals surface area contributed by atoms with E-state index in [1.807, 2.05) is 6.07 Å². The van der Waals surface area contributed by atoms with Crippen LogP contribution in [-0.4, -0.2) is 37.3 Å². The van der Waals surface area contributed by atoms with Gasteiger partial charge >= 0.3 is 11.9 Å². The normalized spacial score (nSPS) is 10.8. The van der Waals surface area contributed by atoms with Gasteiger partial charge in [0.05, 0.1) is 27.4 Å². The van der Waals surface area contributed by atoms with Crippen molar-refractivity contribution in [2.45, 2.75) is 6.54 Å². The lowest BCUT2D eigenvalue weighted by atomic mass is 10.1. The summed E-state index contributed by atoms with van der Waals surface area (Å²) in [7, 11) is 4.54. The van der Waals surface area contributed by atoms with Crippen molar-refractivity contribution in [3.05, 3.63) is 72.3 Å². The molecular weight excluding hydrogens is 424 g/mol. The van der Waals surface area contributed by atoms with Gasteiger partial charge in [0.15, 0.2) is 16.9 Å². The molecule has 0 unspecified atom stereocenters.